The zero-order chi connectivity index (χ0) is 17.7. The third kappa shape index (κ3) is 2.79. The van der Waals surface area contributed by atoms with Gasteiger partial charge in [-0.1, -0.05) is 18.2 Å². The topological polar surface area (TPSA) is 57.7 Å². The molecular formula is C19H26N2O3S. The van der Waals surface area contributed by atoms with Gasteiger partial charge in [-0.25, -0.2) is 8.42 Å². The van der Waals surface area contributed by atoms with Gasteiger partial charge in [-0.15, -0.1) is 0 Å². The average Bonchev–Trinajstić information content (AvgIpc) is 3.01. The summed E-state index contributed by atoms with van der Waals surface area (Å²) in [5.41, 5.74) is 0.697. The van der Waals surface area contributed by atoms with Crippen molar-refractivity contribution < 1.29 is 13.2 Å². The number of carbonyl (C=O) groups excluding carboxylic acids is 1. The molecule has 0 N–H and O–H groups in total. The summed E-state index contributed by atoms with van der Waals surface area (Å²) in [6.45, 7) is 2.87. The molecule has 6 heteroatoms. The lowest BCUT2D eigenvalue weighted by atomic mass is 9.83. The van der Waals surface area contributed by atoms with Gasteiger partial charge in [-0.2, -0.15) is 0 Å². The fourth-order valence-electron chi connectivity index (χ4n) is 4.87. The van der Waals surface area contributed by atoms with Crippen molar-refractivity contribution in [3.63, 3.8) is 0 Å². The standard InChI is InChI=1S/C19H26N2O3S/c1-20-12-9-19(10-13-20)8-4-11-21(19)18(22)16-7-14-25(23,24)17-6-3-2-5-15(16)17/h2-3,5-6,16H,4,7-14H2,1H3. The summed E-state index contributed by atoms with van der Waals surface area (Å²) in [5, 5.41) is 0. The van der Waals surface area contributed by atoms with Crippen LogP contribution < -0.4 is 0 Å². The molecule has 1 unspecified atom stereocenters. The maximum Gasteiger partial charge on any atom is 0.230 e. The van der Waals surface area contributed by atoms with Crippen LogP contribution in [0.2, 0.25) is 0 Å². The lowest BCUT2D eigenvalue weighted by molar-refractivity contribution is -0.138. The molecule has 0 radical (unpaired) electrons. The molecule has 1 aromatic rings. The summed E-state index contributed by atoms with van der Waals surface area (Å²) >= 11 is 0. The van der Waals surface area contributed by atoms with E-state index in [9.17, 15) is 13.2 Å². The van der Waals surface area contributed by atoms with E-state index in [1.54, 1.807) is 12.1 Å². The maximum atomic E-state index is 13.4. The van der Waals surface area contributed by atoms with E-state index in [4.69, 9.17) is 0 Å². The third-order valence-electron chi connectivity index (χ3n) is 6.38. The van der Waals surface area contributed by atoms with Crippen molar-refractivity contribution in [2.75, 3.05) is 32.4 Å². The molecule has 0 aliphatic carbocycles. The summed E-state index contributed by atoms with van der Waals surface area (Å²) in [7, 11) is -1.11. The van der Waals surface area contributed by atoms with Crippen LogP contribution in [0.1, 0.15) is 43.6 Å². The number of sulfone groups is 1. The van der Waals surface area contributed by atoms with Crippen molar-refractivity contribution in [2.45, 2.75) is 48.5 Å². The minimum Gasteiger partial charge on any atom is -0.336 e. The Hall–Kier alpha value is -1.40. The van der Waals surface area contributed by atoms with Gasteiger partial charge in [-0.3, -0.25) is 4.79 Å². The van der Waals surface area contributed by atoms with Crippen molar-refractivity contribution in [1.29, 1.82) is 0 Å². The maximum absolute atomic E-state index is 13.4. The number of piperidine rings is 1. The number of carbonyl (C=O) groups is 1. The number of rotatable bonds is 1. The molecule has 0 saturated carbocycles. The monoisotopic (exact) mass is 362 g/mol. The fourth-order valence-corrected chi connectivity index (χ4v) is 6.49. The zero-order valence-corrected chi connectivity index (χ0v) is 15.6. The molecule has 3 aliphatic heterocycles. The Bertz CT molecular complexity index is 782. The predicted octanol–water partition coefficient (Wildman–Crippen LogP) is 2.03. The Labute approximate surface area is 149 Å². The van der Waals surface area contributed by atoms with E-state index in [2.05, 4.69) is 16.8 Å². The fraction of sp³-hybridized carbons (Fsp3) is 0.632. The van der Waals surface area contributed by atoms with Gasteiger partial charge in [0.2, 0.25) is 5.91 Å². The number of amides is 1. The van der Waals surface area contributed by atoms with Crippen LogP contribution in [0.3, 0.4) is 0 Å². The van der Waals surface area contributed by atoms with Gasteiger partial charge in [-0.05, 0) is 50.8 Å². The van der Waals surface area contributed by atoms with Crippen molar-refractivity contribution in [3.8, 4) is 0 Å². The van der Waals surface area contributed by atoms with E-state index in [1.807, 2.05) is 12.1 Å². The van der Waals surface area contributed by atoms with Crippen LogP contribution in [-0.4, -0.2) is 62.1 Å². The largest absolute Gasteiger partial charge is 0.336 e. The normalized spacial score (nSPS) is 28.0. The Kier molecular flexibility index (Phi) is 4.15. The first-order chi connectivity index (χ1) is 11.9. The van der Waals surface area contributed by atoms with Gasteiger partial charge in [0.1, 0.15) is 0 Å². The Morgan fingerprint density at radius 1 is 1.12 bits per heavy atom. The molecule has 0 aromatic heterocycles. The number of hydrogen-bond acceptors (Lipinski definition) is 4. The van der Waals surface area contributed by atoms with Crippen LogP contribution in [0.5, 0.6) is 0 Å². The number of nitrogens with zero attached hydrogens (tertiary/aromatic N) is 2. The van der Waals surface area contributed by atoms with Crippen molar-refractivity contribution in [2.24, 2.45) is 0 Å². The van der Waals surface area contributed by atoms with Gasteiger partial charge in [0.05, 0.1) is 16.6 Å². The Morgan fingerprint density at radius 2 is 1.84 bits per heavy atom. The van der Waals surface area contributed by atoms with E-state index in [1.165, 1.54) is 0 Å². The highest BCUT2D eigenvalue weighted by Gasteiger charge is 2.47. The number of fused-ring (bicyclic) bond motifs is 1. The molecule has 3 heterocycles. The highest BCUT2D eigenvalue weighted by atomic mass is 32.2. The van der Waals surface area contributed by atoms with Gasteiger partial charge in [0.25, 0.3) is 0 Å². The van der Waals surface area contributed by atoms with Gasteiger partial charge in [0.15, 0.2) is 9.84 Å². The molecule has 5 nitrogen and oxygen atoms in total. The zero-order valence-electron chi connectivity index (χ0n) is 14.8. The smallest absolute Gasteiger partial charge is 0.230 e. The minimum absolute atomic E-state index is 0.00510. The third-order valence-corrected chi connectivity index (χ3v) is 8.20. The molecule has 0 bridgehead atoms. The number of benzene rings is 1. The van der Waals surface area contributed by atoms with Crippen LogP contribution in [0, 0.1) is 0 Å². The second-order valence-corrected chi connectivity index (χ2v) is 9.90. The molecule has 1 spiro atoms. The first-order valence-corrected chi connectivity index (χ1v) is 10.9. The van der Waals surface area contributed by atoms with Gasteiger partial charge < -0.3 is 9.80 Å². The summed E-state index contributed by atoms with van der Waals surface area (Å²) < 4.78 is 24.7. The van der Waals surface area contributed by atoms with Crippen molar-refractivity contribution >= 4 is 15.7 Å². The molecule has 1 amide bonds. The molecule has 136 valence electrons. The highest BCUT2D eigenvalue weighted by molar-refractivity contribution is 7.91. The summed E-state index contributed by atoms with van der Waals surface area (Å²) in [6, 6.07) is 7.07. The molecular weight excluding hydrogens is 336 g/mol. The predicted molar refractivity (Wildman–Crippen MR) is 96.3 cm³/mol. The van der Waals surface area contributed by atoms with Crippen molar-refractivity contribution in [1.82, 2.24) is 9.80 Å². The Morgan fingerprint density at radius 3 is 2.60 bits per heavy atom. The van der Waals surface area contributed by atoms with E-state index in [0.717, 1.165) is 45.3 Å². The quantitative estimate of drug-likeness (QED) is 0.767. The van der Waals surface area contributed by atoms with Crippen LogP contribution in [0.4, 0.5) is 0 Å². The van der Waals surface area contributed by atoms with Crippen LogP contribution in [0.15, 0.2) is 29.2 Å². The SMILES string of the molecule is CN1CCC2(CCCN2C(=O)C2CCS(=O)(=O)c3ccccc32)CC1. The summed E-state index contributed by atoms with van der Waals surface area (Å²) in [4.78, 5) is 18.2. The lowest BCUT2D eigenvalue weighted by Gasteiger charge is -2.45. The molecule has 2 fully saturated rings. The summed E-state index contributed by atoms with van der Waals surface area (Å²) in [5.74, 6) is -0.0944. The van der Waals surface area contributed by atoms with E-state index >= 15 is 0 Å². The van der Waals surface area contributed by atoms with E-state index < -0.39 is 9.84 Å². The number of hydrogen-bond donors (Lipinski definition) is 0. The van der Waals surface area contributed by atoms with Crippen LogP contribution in [-0.2, 0) is 14.6 Å². The number of likely N-dealkylation sites (tertiary alicyclic amines) is 2. The second-order valence-electron chi connectivity index (χ2n) is 7.82. The molecule has 1 atom stereocenters. The highest BCUT2D eigenvalue weighted by Crippen LogP contribution is 2.42. The average molecular weight is 362 g/mol. The molecule has 4 rings (SSSR count). The first-order valence-electron chi connectivity index (χ1n) is 9.25. The van der Waals surface area contributed by atoms with Crippen molar-refractivity contribution in [3.05, 3.63) is 29.8 Å². The van der Waals surface area contributed by atoms with E-state index in [-0.39, 0.29) is 23.1 Å². The molecule has 2 saturated heterocycles. The molecule has 3 aliphatic rings. The van der Waals surface area contributed by atoms with E-state index in [0.29, 0.717) is 16.9 Å². The Balaban J connectivity index is 1.65. The lowest BCUT2D eigenvalue weighted by Crippen LogP contribution is -2.54. The van der Waals surface area contributed by atoms with Crippen LogP contribution >= 0.6 is 0 Å². The van der Waals surface area contributed by atoms with Crippen LogP contribution in [0.25, 0.3) is 0 Å². The first kappa shape index (κ1) is 17.0. The van der Waals surface area contributed by atoms with Gasteiger partial charge in [0, 0.05) is 25.2 Å². The second kappa shape index (κ2) is 6.09. The molecule has 25 heavy (non-hydrogen) atoms. The minimum atomic E-state index is -3.25. The molecule has 1 aromatic carbocycles. The summed E-state index contributed by atoms with van der Waals surface area (Å²) in [6.07, 6.45) is 4.61. The van der Waals surface area contributed by atoms with Gasteiger partial charge >= 0.3 is 0 Å².